The number of nitrogens with zero attached hydrogens (tertiary/aromatic N) is 1. The van der Waals surface area contributed by atoms with E-state index in [9.17, 15) is 5.11 Å². The molecule has 0 unspecified atom stereocenters. The van der Waals surface area contributed by atoms with Gasteiger partial charge in [0.05, 0.1) is 17.3 Å². The standard InChI is InChI=1S/C13H15NO2/c1-13(2,15)9-16-11-7-10-5-3-4-6-12(10)14-8-11/h3-8,15H,9H2,1-2H3. The quantitative estimate of drug-likeness (QED) is 0.858. The largest absolute Gasteiger partial charge is 0.489 e. The van der Waals surface area contributed by atoms with Crippen LogP contribution in [0.3, 0.4) is 0 Å². The van der Waals surface area contributed by atoms with E-state index in [-0.39, 0.29) is 6.61 Å². The number of hydrogen-bond acceptors (Lipinski definition) is 3. The van der Waals surface area contributed by atoms with Crippen LogP contribution < -0.4 is 4.74 Å². The number of hydrogen-bond donors (Lipinski definition) is 1. The van der Waals surface area contributed by atoms with Crippen LogP contribution in [-0.4, -0.2) is 22.3 Å². The van der Waals surface area contributed by atoms with Crippen LogP contribution in [0.5, 0.6) is 5.75 Å². The SMILES string of the molecule is CC(C)(O)COc1cnc2ccccc2c1. The van der Waals surface area contributed by atoms with Crippen LogP contribution in [0.4, 0.5) is 0 Å². The Kier molecular flexibility index (Phi) is 2.79. The van der Waals surface area contributed by atoms with Crippen molar-refractivity contribution in [3.8, 4) is 5.75 Å². The molecule has 3 heteroatoms. The van der Waals surface area contributed by atoms with Crippen molar-refractivity contribution in [3.63, 3.8) is 0 Å². The lowest BCUT2D eigenvalue weighted by atomic mass is 10.2. The van der Waals surface area contributed by atoms with Crippen LogP contribution in [0.2, 0.25) is 0 Å². The zero-order valence-corrected chi connectivity index (χ0v) is 9.47. The first-order chi connectivity index (χ1) is 7.54. The Labute approximate surface area is 94.7 Å². The molecule has 0 amide bonds. The fourth-order valence-electron chi connectivity index (χ4n) is 1.39. The second-order valence-electron chi connectivity index (χ2n) is 4.46. The van der Waals surface area contributed by atoms with E-state index >= 15 is 0 Å². The Balaban J connectivity index is 2.20. The minimum atomic E-state index is -0.828. The highest BCUT2D eigenvalue weighted by Crippen LogP contribution is 2.18. The van der Waals surface area contributed by atoms with Crippen LogP contribution in [0, 0.1) is 0 Å². The number of rotatable bonds is 3. The maximum absolute atomic E-state index is 9.55. The average Bonchev–Trinajstić information content (AvgIpc) is 2.25. The van der Waals surface area contributed by atoms with E-state index in [1.54, 1.807) is 20.0 Å². The summed E-state index contributed by atoms with van der Waals surface area (Å²) in [5, 5.41) is 10.6. The third-order valence-electron chi connectivity index (χ3n) is 2.16. The van der Waals surface area contributed by atoms with Crippen molar-refractivity contribution in [2.24, 2.45) is 0 Å². The van der Waals surface area contributed by atoms with E-state index in [1.165, 1.54) is 0 Å². The van der Waals surface area contributed by atoms with E-state index in [1.807, 2.05) is 30.3 Å². The second kappa shape index (κ2) is 4.10. The number of aliphatic hydroxyl groups is 1. The highest BCUT2D eigenvalue weighted by atomic mass is 16.5. The lowest BCUT2D eigenvalue weighted by molar-refractivity contribution is 0.0284. The van der Waals surface area contributed by atoms with Gasteiger partial charge in [0.15, 0.2) is 0 Å². The van der Waals surface area contributed by atoms with Crippen LogP contribution >= 0.6 is 0 Å². The van der Waals surface area contributed by atoms with Gasteiger partial charge in [-0.25, -0.2) is 0 Å². The summed E-state index contributed by atoms with van der Waals surface area (Å²) in [5.41, 5.74) is 0.115. The first-order valence-electron chi connectivity index (χ1n) is 5.25. The number of ether oxygens (including phenoxy) is 1. The van der Waals surface area contributed by atoms with Gasteiger partial charge in [-0.2, -0.15) is 0 Å². The molecule has 0 bridgehead atoms. The molecule has 0 aliphatic rings. The van der Waals surface area contributed by atoms with Gasteiger partial charge in [-0.1, -0.05) is 18.2 Å². The van der Waals surface area contributed by atoms with E-state index in [0.29, 0.717) is 5.75 Å². The first-order valence-corrected chi connectivity index (χ1v) is 5.25. The molecule has 0 saturated carbocycles. The molecule has 0 spiro atoms. The molecule has 84 valence electrons. The molecule has 1 N–H and O–H groups in total. The van der Waals surface area contributed by atoms with Crippen molar-refractivity contribution in [3.05, 3.63) is 36.5 Å². The van der Waals surface area contributed by atoms with E-state index < -0.39 is 5.60 Å². The van der Waals surface area contributed by atoms with Gasteiger partial charge in [-0.15, -0.1) is 0 Å². The Hall–Kier alpha value is -1.61. The molecule has 1 heterocycles. The van der Waals surface area contributed by atoms with Crippen molar-refractivity contribution in [1.82, 2.24) is 4.98 Å². The fraction of sp³-hybridized carbons (Fsp3) is 0.308. The number of pyridine rings is 1. The summed E-state index contributed by atoms with van der Waals surface area (Å²) in [4.78, 5) is 4.28. The average molecular weight is 217 g/mol. The van der Waals surface area contributed by atoms with Crippen molar-refractivity contribution >= 4 is 10.9 Å². The summed E-state index contributed by atoms with van der Waals surface area (Å²) >= 11 is 0. The summed E-state index contributed by atoms with van der Waals surface area (Å²) in [6, 6.07) is 9.78. The van der Waals surface area contributed by atoms with Crippen molar-refractivity contribution in [1.29, 1.82) is 0 Å². The molecule has 2 aromatic rings. The van der Waals surface area contributed by atoms with Gasteiger partial charge in [-0.3, -0.25) is 4.98 Å². The fourth-order valence-corrected chi connectivity index (χ4v) is 1.39. The summed E-state index contributed by atoms with van der Waals surface area (Å²) in [5.74, 6) is 0.681. The summed E-state index contributed by atoms with van der Waals surface area (Å²) in [6.07, 6.45) is 1.67. The van der Waals surface area contributed by atoms with Crippen LogP contribution in [0.1, 0.15) is 13.8 Å². The Morgan fingerprint density at radius 3 is 2.81 bits per heavy atom. The van der Waals surface area contributed by atoms with E-state index in [0.717, 1.165) is 10.9 Å². The zero-order chi connectivity index (χ0) is 11.6. The Morgan fingerprint density at radius 1 is 1.31 bits per heavy atom. The molecular weight excluding hydrogens is 202 g/mol. The van der Waals surface area contributed by atoms with Gasteiger partial charge < -0.3 is 9.84 Å². The minimum Gasteiger partial charge on any atom is -0.489 e. The molecule has 0 aliphatic carbocycles. The van der Waals surface area contributed by atoms with Gasteiger partial charge in [-0.05, 0) is 26.0 Å². The third kappa shape index (κ3) is 2.70. The number of fused-ring (bicyclic) bond motifs is 1. The predicted molar refractivity (Wildman–Crippen MR) is 63.5 cm³/mol. The van der Waals surface area contributed by atoms with Gasteiger partial charge in [0.25, 0.3) is 0 Å². The van der Waals surface area contributed by atoms with Gasteiger partial charge in [0, 0.05) is 5.39 Å². The van der Waals surface area contributed by atoms with E-state index in [4.69, 9.17) is 4.74 Å². The highest BCUT2D eigenvalue weighted by molar-refractivity contribution is 5.79. The number of para-hydroxylation sites is 1. The monoisotopic (exact) mass is 217 g/mol. The van der Waals surface area contributed by atoms with Crippen LogP contribution in [-0.2, 0) is 0 Å². The zero-order valence-electron chi connectivity index (χ0n) is 9.47. The normalized spacial score (nSPS) is 11.7. The minimum absolute atomic E-state index is 0.257. The predicted octanol–water partition coefficient (Wildman–Crippen LogP) is 2.38. The second-order valence-corrected chi connectivity index (χ2v) is 4.46. The summed E-state index contributed by atoms with van der Waals surface area (Å²) in [6.45, 7) is 3.68. The highest BCUT2D eigenvalue weighted by Gasteiger charge is 2.13. The smallest absolute Gasteiger partial charge is 0.138 e. The van der Waals surface area contributed by atoms with Crippen LogP contribution in [0.25, 0.3) is 10.9 Å². The van der Waals surface area contributed by atoms with Gasteiger partial charge >= 0.3 is 0 Å². The molecule has 1 aromatic heterocycles. The molecule has 0 radical (unpaired) electrons. The van der Waals surface area contributed by atoms with Gasteiger partial charge in [0.2, 0.25) is 0 Å². The third-order valence-corrected chi connectivity index (χ3v) is 2.16. The Bertz CT molecular complexity index is 489. The topological polar surface area (TPSA) is 42.4 Å². The van der Waals surface area contributed by atoms with Crippen molar-refractivity contribution in [2.45, 2.75) is 19.4 Å². The molecule has 2 rings (SSSR count). The van der Waals surface area contributed by atoms with E-state index in [2.05, 4.69) is 4.98 Å². The molecule has 3 nitrogen and oxygen atoms in total. The molecule has 0 atom stereocenters. The number of aromatic nitrogens is 1. The van der Waals surface area contributed by atoms with Crippen LogP contribution in [0.15, 0.2) is 36.5 Å². The molecule has 0 aliphatic heterocycles. The summed E-state index contributed by atoms with van der Waals surface area (Å²) < 4.78 is 5.47. The summed E-state index contributed by atoms with van der Waals surface area (Å²) in [7, 11) is 0. The Morgan fingerprint density at radius 2 is 2.06 bits per heavy atom. The molecule has 0 fully saturated rings. The maximum atomic E-state index is 9.55. The molecular formula is C13H15NO2. The van der Waals surface area contributed by atoms with Crippen molar-refractivity contribution < 1.29 is 9.84 Å². The van der Waals surface area contributed by atoms with Gasteiger partial charge in [0.1, 0.15) is 12.4 Å². The molecule has 1 aromatic carbocycles. The number of benzene rings is 1. The lowest BCUT2D eigenvalue weighted by Crippen LogP contribution is -2.27. The van der Waals surface area contributed by atoms with Crippen molar-refractivity contribution in [2.75, 3.05) is 6.61 Å². The first kappa shape index (κ1) is 10.9. The lowest BCUT2D eigenvalue weighted by Gasteiger charge is -2.17. The molecule has 16 heavy (non-hydrogen) atoms. The maximum Gasteiger partial charge on any atom is 0.138 e. The molecule has 0 saturated heterocycles.